The molecule has 0 saturated carbocycles. The lowest BCUT2D eigenvalue weighted by Crippen LogP contribution is -2.15. The van der Waals surface area contributed by atoms with Gasteiger partial charge in [0.25, 0.3) is 5.91 Å². The molecule has 34 heavy (non-hydrogen) atoms. The summed E-state index contributed by atoms with van der Waals surface area (Å²) < 4.78 is 47.0. The van der Waals surface area contributed by atoms with Crippen LogP contribution in [0.25, 0.3) is 11.1 Å². The van der Waals surface area contributed by atoms with Gasteiger partial charge in [-0.15, -0.1) is 0 Å². The second-order valence-corrected chi connectivity index (χ2v) is 8.77. The van der Waals surface area contributed by atoms with Gasteiger partial charge in [-0.2, -0.15) is 13.2 Å². The van der Waals surface area contributed by atoms with Crippen molar-refractivity contribution < 1.29 is 22.7 Å². The van der Waals surface area contributed by atoms with Gasteiger partial charge in [-0.3, -0.25) is 9.78 Å². The molecular weight excluding hydrogens is 443 g/mol. The minimum atomic E-state index is -4.57. The third-order valence-corrected chi connectivity index (χ3v) is 5.27. The van der Waals surface area contributed by atoms with Gasteiger partial charge >= 0.3 is 6.18 Å². The molecule has 0 fully saturated rings. The van der Waals surface area contributed by atoms with Gasteiger partial charge in [-0.05, 0) is 72.7 Å². The highest BCUT2D eigenvalue weighted by Gasteiger charge is 2.35. The maximum Gasteiger partial charge on any atom is 0.419 e. The summed E-state index contributed by atoms with van der Waals surface area (Å²) in [6, 6.07) is 10.4. The number of benzene rings is 1. The second kappa shape index (κ2) is 10.7. The normalized spacial score (nSPS) is 12.5. The number of nitrogens with zero attached hydrogens (tertiary/aromatic N) is 2. The number of rotatable bonds is 8. The Bertz CT molecular complexity index is 1150. The lowest BCUT2D eigenvalue weighted by Gasteiger charge is -2.19. The van der Waals surface area contributed by atoms with Crippen molar-refractivity contribution in [3.63, 3.8) is 0 Å². The molecule has 0 spiro atoms. The van der Waals surface area contributed by atoms with Gasteiger partial charge in [0, 0.05) is 18.1 Å². The Balaban J connectivity index is 1.84. The minimum Gasteiger partial charge on any atom is -0.493 e. The van der Waals surface area contributed by atoms with E-state index in [2.05, 4.69) is 29.1 Å². The van der Waals surface area contributed by atoms with Crippen LogP contribution in [0, 0.1) is 18.8 Å². The standard InChI is InChI=1S/C26H28F3N3O2/c1-16(2)12-17(3)15-34-23-8-7-19(13-22(23)26(27,28)29)20-9-11-31-24(14-20)32-25(33)21-6-5-10-30-18(21)4/h5-11,13-14,16-17H,12,15H2,1-4H3,(H,31,32,33). The summed E-state index contributed by atoms with van der Waals surface area (Å²) in [5, 5.41) is 2.68. The Hall–Kier alpha value is -3.42. The average molecular weight is 472 g/mol. The topological polar surface area (TPSA) is 64.1 Å². The number of ether oxygens (including phenoxy) is 1. The van der Waals surface area contributed by atoms with Crippen molar-refractivity contribution >= 4 is 11.7 Å². The number of halogens is 3. The van der Waals surface area contributed by atoms with E-state index in [0.717, 1.165) is 12.5 Å². The number of carbonyl (C=O) groups excluding carboxylic acids is 1. The first kappa shape index (κ1) is 25.2. The van der Waals surface area contributed by atoms with Gasteiger partial charge in [0.15, 0.2) is 0 Å². The molecule has 1 atom stereocenters. The van der Waals surface area contributed by atoms with Gasteiger partial charge in [-0.1, -0.05) is 26.8 Å². The number of aromatic nitrogens is 2. The maximum absolute atomic E-state index is 13.8. The van der Waals surface area contributed by atoms with E-state index in [1.54, 1.807) is 37.4 Å². The molecule has 180 valence electrons. The van der Waals surface area contributed by atoms with Crippen molar-refractivity contribution in [2.24, 2.45) is 11.8 Å². The van der Waals surface area contributed by atoms with Crippen LogP contribution in [-0.4, -0.2) is 22.5 Å². The van der Waals surface area contributed by atoms with Crippen LogP contribution in [0.3, 0.4) is 0 Å². The Kier molecular flexibility index (Phi) is 7.91. The average Bonchev–Trinajstić information content (AvgIpc) is 2.77. The number of nitrogens with one attached hydrogen (secondary N) is 1. The van der Waals surface area contributed by atoms with Gasteiger partial charge < -0.3 is 10.1 Å². The van der Waals surface area contributed by atoms with Crippen LogP contribution in [0.1, 0.15) is 48.8 Å². The predicted molar refractivity (Wildman–Crippen MR) is 126 cm³/mol. The van der Waals surface area contributed by atoms with Crippen molar-refractivity contribution in [3.05, 3.63) is 71.7 Å². The lowest BCUT2D eigenvalue weighted by molar-refractivity contribution is -0.139. The number of pyridine rings is 2. The number of anilines is 1. The number of aryl methyl sites for hydroxylation is 1. The van der Waals surface area contributed by atoms with Crippen LogP contribution in [0.4, 0.5) is 19.0 Å². The van der Waals surface area contributed by atoms with Crippen molar-refractivity contribution in [3.8, 4) is 16.9 Å². The first-order valence-corrected chi connectivity index (χ1v) is 11.1. The number of alkyl halides is 3. The molecular formula is C26H28F3N3O2. The summed E-state index contributed by atoms with van der Waals surface area (Å²) >= 11 is 0. The Labute approximate surface area is 197 Å². The molecule has 3 aromatic rings. The van der Waals surface area contributed by atoms with E-state index in [0.29, 0.717) is 28.3 Å². The van der Waals surface area contributed by atoms with Crippen molar-refractivity contribution in [2.75, 3.05) is 11.9 Å². The highest BCUT2D eigenvalue weighted by Crippen LogP contribution is 2.39. The molecule has 1 amide bonds. The first-order valence-electron chi connectivity index (χ1n) is 11.1. The summed E-state index contributed by atoms with van der Waals surface area (Å²) in [5.41, 5.74) is 0.936. The highest BCUT2D eigenvalue weighted by molar-refractivity contribution is 6.04. The van der Waals surface area contributed by atoms with Gasteiger partial charge in [0.05, 0.1) is 17.7 Å². The molecule has 1 N–H and O–H groups in total. The van der Waals surface area contributed by atoms with Gasteiger partial charge in [0.2, 0.25) is 0 Å². The minimum absolute atomic E-state index is 0.135. The zero-order valence-corrected chi connectivity index (χ0v) is 19.6. The van der Waals surface area contributed by atoms with E-state index in [9.17, 15) is 18.0 Å². The third kappa shape index (κ3) is 6.56. The largest absolute Gasteiger partial charge is 0.493 e. The summed E-state index contributed by atoms with van der Waals surface area (Å²) in [6.07, 6.45) is -0.689. The van der Waals surface area contributed by atoms with Crippen LogP contribution in [0.5, 0.6) is 5.75 Å². The molecule has 2 heterocycles. The Morgan fingerprint density at radius 3 is 2.44 bits per heavy atom. The fourth-order valence-corrected chi connectivity index (χ4v) is 3.75. The van der Waals surface area contributed by atoms with Crippen molar-refractivity contribution in [2.45, 2.75) is 40.3 Å². The summed E-state index contributed by atoms with van der Waals surface area (Å²) in [6.45, 7) is 8.01. The zero-order chi connectivity index (χ0) is 24.9. The molecule has 0 saturated heterocycles. The van der Waals surface area contributed by atoms with Crippen molar-refractivity contribution in [1.29, 1.82) is 0 Å². The van der Waals surface area contributed by atoms with E-state index < -0.39 is 17.6 Å². The number of hydrogen-bond donors (Lipinski definition) is 1. The Morgan fingerprint density at radius 2 is 1.76 bits per heavy atom. The summed E-state index contributed by atoms with van der Waals surface area (Å²) in [7, 11) is 0. The maximum atomic E-state index is 13.8. The SMILES string of the molecule is Cc1ncccc1C(=O)Nc1cc(-c2ccc(OCC(C)CC(C)C)c(C(F)(F)F)c2)ccn1. The molecule has 0 bridgehead atoms. The van der Waals surface area contributed by atoms with Crippen molar-refractivity contribution in [1.82, 2.24) is 9.97 Å². The third-order valence-electron chi connectivity index (χ3n) is 5.27. The van der Waals surface area contributed by atoms with E-state index in [-0.39, 0.29) is 24.1 Å². The first-order chi connectivity index (χ1) is 16.0. The number of hydrogen-bond acceptors (Lipinski definition) is 4. The Morgan fingerprint density at radius 1 is 1.03 bits per heavy atom. The lowest BCUT2D eigenvalue weighted by atomic mass is 9.99. The fraction of sp³-hybridized carbons (Fsp3) is 0.346. The molecule has 1 unspecified atom stereocenters. The van der Waals surface area contributed by atoms with Crippen LogP contribution < -0.4 is 10.1 Å². The van der Waals surface area contributed by atoms with Crippen LogP contribution >= 0.6 is 0 Å². The summed E-state index contributed by atoms with van der Waals surface area (Å²) in [5.74, 6) is 0.205. The second-order valence-electron chi connectivity index (χ2n) is 8.77. The smallest absolute Gasteiger partial charge is 0.419 e. The van der Waals surface area contributed by atoms with Gasteiger partial charge in [-0.25, -0.2) is 4.98 Å². The predicted octanol–water partition coefficient (Wildman–Crippen LogP) is 6.78. The quantitative estimate of drug-likeness (QED) is 0.393. The van der Waals surface area contributed by atoms with Crippen LogP contribution in [0.15, 0.2) is 54.9 Å². The summed E-state index contributed by atoms with van der Waals surface area (Å²) in [4.78, 5) is 20.8. The fourth-order valence-electron chi connectivity index (χ4n) is 3.75. The highest BCUT2D eigenvalue weighted by atomic mass is 19.4. The molecule has 0 aliphatic carbocycles. The molecule has 0 aliphatic heterocycles. The monoisotopic (exact) mass is 471 g/mol. The molecule has 1 aromatic carbocycles. The molecule has 0 radical (unpaired) electrons. The van der Waals surface area contributed by atoms with E-state index >= 15 is 0 Å². The van der Waals surface area contributed by atoms with Crippen LogP contribution in [0.2, 0.25) is 0 Å². The molecule has 0 aliphatic rings. The van der Waals surface area contributed by atoms with E-state index in [1.165, 1.54) is 18.3 Å². The number of carbonyl (C=O) groups is 1. The zero-order valence-electron chi connectivity index (χ0n) is 19.6. The molecule has 3 rings (SSSR count). The molecule has 8 heteroatoms. The van der Waals surface area contributed by atoms with Gasteiger partial charge in [0.1, 0.15) is 11.6 Å². The van der Waals surface area contributed by atoms with E-state index in [4.69, 9.17) is 4.74 Å². The number of amides is 1. The molecule has 2 aromatic heterocycles. The van der Waals surface area contributed by atoms with Crippen LogP contribution in [-0.2, 0) is 6.18 Å². The molecule has 5 nitrogen and oxygen atoms in total. The van der Waals surface area contributed by atoms with E-state index in [1.807, 2.05) is 6.92 Å².